The molecule has 0 radical (unpaired) electrons. The highest BCUT2D eigenvalue weighted by Gasteiger charge is 2.19. The topological polar surface area (TPSA) is 105 Å². The van der Waals surface area contributed by atoms with Crippen LogP contribution in [-0.4, -0.2) is 38.4 Å². The van der Waals surface area contributed by atoms with Gasteiger partial charge in [-0.3, -0.25) is 14.7 Å². The molecule has 0 bridgehead atoms. The third-order valence-electron chi connectivity index (χ3n) is 2.75. The van der Waals surface area contributed by atoms with Gasteiger partial charge in [-0.15, -0.1) is 0 Å². The second kappa shape index (κ2) is 6.46. The van der Waals surface area contributed by atoms with Crippen LogP contribution in [0.2, 0.25) is 0 Å². The summed E-state index contributed by atoms with van der Waals surface area (Å²) in [5.41, 5.74) is 6.10. The molecule has 0 spiro atoms. The number of nitrogens with one attached hydrogen (secondary N) is 1. The molecule has 0 saturated carbocycles. The Kier molecular flexibility index (Phi) is 4.43. The zero-order chi connectivity index (χ0) is 14.4. The Bertz CT molecular complexity index is 568. The molecule has 1 heterocycles. The van der Waals surface area contributed by atoms with Crippen molar-refractivity contribution in [3.8, 4) is 0 Å². The monoisotopic (exact) mass is 273 g/mol. The highest BCUT2D eigenvalue weighted by atomic mass is 16.2. The Morgan fingerprint density at radius 3 is 2.60 bits per heavy atom. The van der Waals surface area contributed by atoms with Crippen LogP contribution in [0.15, 0.2) is 36.7 Å². The molecular weight excluding hydrogens is 258 g/mol. The van der Waals surface area contributed by atoms with E-state index in [1.807, 2.05) is 30.3 Å². The van der Waals surface area contributed by atoms with E-state index >= 15 is 0 Å². The number of primary amides is 1. The molecule has 2 aromatic rings. The van der Waals surface area contributed by atoms with E-state index in [2.05, 4.69) is 15.2 Å². The highest BCUT2D eigenvalue weighted by molar-refractivity contribution is 5.90. The van der Waals surface area contributed by atoms with Crippen LogP contribution in [0.1, 0.15) is 22.6 Å². The van der Waals surface area contributed by atoms with Gasteiger partial charge in [0.15, 0.2) is 0 Å². The molecule has 2 amide bonds. The molecule has 7 heteroatoms. The summed E-state index contributed by atoms with van der Waals surface area (Å²) in [5.74, 6) is -0.619. The first kappa shape index (κ1) is 13.7. The molecule has 0 saturated heterocycles. The number of hydrogen-bond donors (Lipinski definition) is 2. The van der Waals surface area contributed by atoms with Gasteiger partial charge in [0.1, 0.15) is 6.33 Å². The molecule has 0 atom stereocenters. The van der Waals surface area contributed by atoms with E-state index in [9.17, 15) is 9.59 Å². The lowest BCUT2D eigenvalue weighted by atomic mass is 10.2. The minimum Gasteiger partial charge on any atom is -0.370 e. The van der Waals surface area contributed by atoms with Gasteiger partial charge in [0, 0.05) is 19.5 Å². The fourth-order valence-electron chi connectivity index (χ4n) is 1.76. The molecule has 2 rings (SSSR count). The first-order valence-electron chi connectivity index (χ1n) is 6.13. The molecule has 104 valence electrons. The van der Waals surface area contributed by atoms with Crippen molar-refractivity contribution < 1.29 is 9.59 Å². The first-order valence-corrected chi connectivity index (χ1v) is 6.13. The molecule has 3 N–H and O–H groups in total. The third kappa shape index (κ3) is 3.64. The van der Waals surface area contributed by atoms with E-state index in [1.165, 1.54) is 11.2 Å². The Hall–Kier alpha value is -2.70. The number of nitrogens with two attached hydrogens (primary N) is 1. The minimum absolute atomic E-state index is 0.104. The maximum Gasteiger partial charge on any atom is 0.291 e. The number of carbonyl (C=O) groups excluding carboxylic acids is 2. The van der Waals surface area contributed by atoms with Crippen LogP contribution in [0.5, 0.6) is 0 Å². The van der Waals surface area contributed by atoms with Gasteiger partial charge in [-0.2, -0.15) is 5.10 Å². The molecule has 7 nitrogen and oxygen atoms in total. The molecule has 0 fully saturated rings. The summed E-state index contributed by atoms with van der Waals surface area (Å²) < 4.78 is 0. The molecule has 20 heavy (non-hydrogen) atoms. The molecular formula is C13H15N5O2. The summed E-state index contributed by atoms with van der Waals surface area (Å²) >= 11 is 0. The quantitative estimate of drug-likeness (QED) is 0.790. The van der Waals surface area contributed by atoms with Crippen molar-refractivity contribution in [3.63, 3.8) is 0 Å². The van der Waals surface area contributed by atoms with Crippen molar-refractivity contribution in [3.05, 3.63) is 48.0 Å². The Morgan fingerprint density at radius 2 is 2.00 bits per heavy atom. The average molecular weight is 273 g/mol. The minimum atomic E-state index is -0.451. The predicted octanol–water partition coefficient (Wildman–Crippen LogP) is 0.322. The number of H-pyrrole nitrogens is 1. The van der Waals surface area contributed by atoms with Gasteiger partial charge in [0.05, 0.1) is 0 Å². The van der Waals surface area contributed by atoms with E-state index in [4.69, 9.17) is 5.73 Å². The predicted molar refractivity (Wildman–Crippen MR) is 71.4 cm³/mol. The number of aromatic nitrogens is 3. The number of amides is 2. The van der Waals surface area contributed by atoms with Gasteiger partial charge in [0.25, 0.3) is 5.91 Å². The zero-order valence-electron chi connectivity index (χ0n) is 10.8. The molecule has 1 aromatic carbocycles. The summed E-state index contributed by atoms with van der Waals surface area (Å²) in [6.45, 7) is 0.622. The summed E-state index contributed by atoms with van der Waals surface area (Å²) in [5, 5.41) is 6.17. The van der Waals surface area contributed by atoms with Crippen LogP contribution in [0.4, 0.5) is 0 Å². The number of rotatable bonds is 6. The standard InChI is InChI=1S/C13H15N5O2/c14-11(19)6-7-18(8-10-4-2-1-3-5-10)13(20)12-15-9-16-17-12/h1-5,9H,6-8H2,(H2,14,19)(H,15,16,17). The summed E-state index contributed by atoms with van der Waals surface area (Å²) in [6.07, 6.45) is 1.37. The van der Waals surface area contributed by atoms with Crippen molar-refractivity contribution in [1.82, 2.24) is 20.1 Å². The lowest BCUT2D eigenvalue weighted by molar-refractivity contribution is -0.118. The van der Waals surface area contributed by atoms with E-state index in [-0.39, 0.29) is 24.7 Å². The highest BCUT2D eigenvalue weighted by Crippen LogP contribution is 2.08. The molecule has 0 aliphatic rings. The van der Waals surface area contributed by atoms with Gasteiger partial charge >= 0.3 is 0 Å². The SMILES string of the molecule is NC(=O)CCN(Cc1ccccc1)C(=O)c1ncn[nH]1. The van der Waals surface area contributed by atoms with Gasteiger partial charge < -0.3 is 10.6 Å². The average Bonchev–Trinajstić information content (AvgIpc) is 2.97. The van der Waals surface area contributed by atoms with Crippen LogP contribution in [0.25, 0.3) is 0 Å². The Morgan fingerprint density at radius 1 is 1.25 bits per heavy atom. The third-order valence-corrected chi connectivity index (χ3v) is 2.75. The van der Waals surface area contributed by atoms with Crippen molar-refractivity contribution in [2.45, 2.75) is 13.0 Å². The smallest absolute Gasteiger partial charge is 0.291 e. The number of nitrogens with zero attached hydrogens (tertiary/aromatic N) is 3. The van der Waals surface area contributed by atoms with Gasteiger partial charge in [-0.25, -0.2) is 4.98 Å². The molecule has 0 unspecified atom stereocenters. The Balaban J connectivity index is 2.12. The largest absolute Gasteiger partial charge is 0.370 e. The van der Waals surface area contributed by atoms with Crippen molar-refractivity contribution in [2.75, 3.05) is 6.54 Å². The molecule has 0 aliphatic heterocycles. The molecule has 1 aromatic heterocycles. The van der Waals surface area contributed by atoms with Crippen LogP contribution in [0.3, 0.4) is 0 Å². The van der Waals surface area contributed by atoms with Crippen LogP contribution >= 0.6 is 0 Å². The van der Waals surface area contributed by atoms with Crippen molar-refractivity contribution in [2.24, 2.45) is 5.73 Å². The number of hydrogen-bond acceptors (Lipinski definition) is 4. The first-order chi connectivity index (χ1) is 9.66. The van der Waals surface area contributed by atoms with E-state index in [0.717, 1.165) is 5.56 Å². The van der Waals surface area contributed by atoms with Gasteiger partial charge in [0.2, 0.25) is 11.7 Å². The van der Waals surface area contributed by atoms with Crippen LogP contribution in [0, 0.1) is 0 Å². The van der Waals surface area contributed by atoms with E-state index in [1.54, 1.807) is 0 Å². The summed E-state index contributed by atoms with van der Waals surface area (Å²) in [7, 11) is 0. The normalized spacial score (nSPS) is 10.2. The van der Waals surface area contributed by atoms with Crippen LogP contribution < -0.4 is 5.73 Å². The zero-order valence-corrected chi connectivity index (χ0v) is 10.8. The van der Waals surface area contributed by atoms with Gasteiger partial charge in [-0.05, 0) is 5.56 Å². The van der Waals surface area contributed by atoms with E-state index < -0.39 is 5.91 Å². The fraction of sp³-hybridized carbons (Fsp3) is 0.231. The lowest BCUT2D eigenvalue weighted by Crippen LogP contribution is -2.34. The number of aromatic amines is 1. The number of carbonyl (C=O) groups is 2. The Labute approximate surface area is 115 Å². The van der Waals surface area contributed by atoms with Crippen molar-refractivity contribution >= 4 is 11.8 Å². The van der Waals surface area contributed by atoms with Gasteiger partial charge in [-0.1, -0.05) is 30.3 Å². The number of benzene rings is 1. The maximum atomic E-state index is 12.3. The summed E-state index contributed by atoms with van der Waals surface area (Å²) in [6, 6.07) is 9.49. The second-order valence-electron chi connectivity index (χ2n) is 4.26. The molecule has 0 aliphatic carbocycles. The van der Waals surface area contributed by atoms with E-state index in [0.29, 0.717) is 6.54 Å². The second-order valence-corrected chi connectivity index (χ2v) is 4.26. The summed E-state index contributed by atoms with van der Waals surface area (Å²) in [4.78, 5) is 28.5. The van der Waals surface area contributed by atoms with Crippen LogP contribution in [-0.2, 0) is 11.3 Å². The lowest BCUT2D eigenvalue weighted by Gasteiger charge is -2.21. The fourth-order valence-corrected chi connectivity index (χ4v) is 1.76. The van der Waals surface area contributed by atoms with Crippen molar-refractivity contribution in [1.29, 1.82) is 0 Å². The maximum absolute atomic E-state index is 12.3.